The van der Waals surface area contributed by atoms with Gasteiger partial charge in [0, 0.05) is 12.8 Å². The molecular formula is C24H28BrNO3S2. The quantitative estimate of drug-likeness (QED) is 0.360. The van der Waals surface area contributed by atoms with Crippen LogP contribution in [0.5, 0.6) is 0 Å². The third-order valence-electron chi connectivity index (χ3n) is 5.97. The van der Waals surface area contributed by atoms with Gasteiger partial charge in [0.15, 0.2) is 6.10 Å². The van der Waals surface area contributed by atoms with Crippen LogP contribution in [0.15, 0.2) is 65.4 Å². The second kappa shape index (κ2) is 10.4. The van der Waals surface area contributed by atoms with E-state index in [-0.39, 0.29) is 23.1 Å². The number of carbonyl (C=O) groups is 1. The van der Waals surface area contributed by atoms with Crippen molar-refractivity contribution in [1.82, 2.24) is 0 Å². The number of thiophene rings is 2. The van der Waals surface area contributed by atoms with Crippen molar-refractivity contribution in [2.75, 3.05) is 26.7 Å². The minimum Gasteiger partial charge on any atom is -1.00 e. The first-order chi connectivity index (χ1) is 14.5. The third-order valence-corrected chi connectivity index (χ3v) is 7.92. The molecule has 4 nitrogen and oxygen atoms in total. The molecule has 1 aliphatic heterocycles. The van der Waals surface area contributed by atoms with Crippen molar-refractivity contribution in [3.8, 4) is 0 Å². The molecule has 2 unspecified atom stereocenters. The maximum atomic E-state index is 13.2. The molecule has 7 heteroatoms. The summed E-state index contributed by atoms with van der Waals surface area (Å²) in [6.07, 6.45) is 2.84. The average molecular weight is 523 g/mol. The van der Waals surface area contributed by atoms with Gasteiger partial charge in [0.1, 0.15) is 6.54 Å². The van der Waals surface area contributed by atoms with E-state index in [1.54, 1.807) is 12.1 Å². The molecule has 0 saturated carbocycles. The highest BCUT2D eigenvalue weighted by molar-refractivity contribution is 7.12. The summed E-state index contributed by atoms with van der Waals surface area (Å²) < 4.78 is 6.80. The Morgan fingerprint density at radius 2 is 1.74 bits per heavy atom. The maximum Gasteiger partial charge on any atom is 0.349 e. The van der Waals surface area contributed by atoms with Gasteiger partial charge in [-0.05, 0) is 34.9 Å². The lowest BCUT2D eigenvalue weighted by molar-refractivity contribution is -0.899. The zero-order valence-corrected chi connectivity index (χ0v) is 20.8. The molecule has 0 spiro atoms. The van der Waals surface area contributed by atoms with Crippen molar-refractivity contribution in [1.29, 1.82) is 0 Å². The molecule has 3 heterocycles. The number of likely N-dealkylation sites (tertiary alicyclic amines) is 1. The van der Waals surface area contributed by atoms with E-state index in [1.807, 2.05) is 29.0 Å². The fraction of sp³-hybridized carbons (Fsp3) is 0.375. The molecule has 4 rings (SSSR count). The van der Waals surface area contributed by atoms with E-state index in [9.17, 15) is 9.90 Å². The Bertz CT molecular complexity index is 912. The summed E-state index contributed by atoms with van der Waals surface area (Å²) >= 11 is 2.75. The summed E-state index contributed by atoms with van der Waals surface area (Å²) in [5, 5.41) is 15.1. The third kappa shape index (κ3) is 5.46. The van der Waals surface area contributed by atoms with E-state index in [0.717, 1.165) is 43.4 Å². The van der Waals surface area contributed by atoms with Crippen LogP contribution in [0.4, 0.5) is 0 Å². The Kier molecular flexibility index (Phi) is 8.10. The van der Waals surface area contributed by atoms with Crippen molar-refractivity contribution < 1.29 is 36.1 Å². The first-order valence-electron chi connectivity index (χ1n) is 10.4. The van der Waals surface area contributed by atoms with Crippen LogP contribution in [0.3, 0.4) is 0 Å². The molecule has 0 radical (unpaired) electrons. The molecule has 1 aromatic carbocycles. The summed E-state index contributed by atoms with van der Waals surface area (Å²) in [5.74, 6) is -0.560. The van der Waals surface area contributed by atoms with Crippen LogP contribution < -0.4 is 17.0 Å². The van der Waals surface area contributed by atoms with Gasteiger partial charge in [-0.15, -0.1) is 22.7 Å². The number of hydrogen-bond acceptors (Lipinski definition) is 5. The predicted molar refractivity (Wildman–Crippen MR) is 122 cm³/mol. The number of halogens is 1. The summed E-state index contributed by atoms with van der Waals surface area (Å²) in [5.41, 5.74) is -0.356. The largest absolute Gasteiger partial charge is 1.00 e. The molecule has 31 heavy (non-hydrogen) atoms. The van der Waals surface area contributed by atoms with E-state index >= 15 is 0 Å². The fourth-order valence-corrected chi connectivity index (χ4v) is 5.98. The fourth-order valence-electron chi connectivity index (χ4n) is 4.27. The molecule has 1 saturated heterocycles. The molecule has 0 bridgehead atoms. The number of ether oxygens (including phenoxy) is 1. The first-order valence-corrected chi connectivity index (χ1v) is 12.1. The topological polar surface area (TPSA) is 46.5 Å². The van der Waals surface area contributed by atoms with Gasteiger partial charge in [-0.2, -0.15) is 0 Å². The SMILES string of the molecule is C[N+]1(CCCc2ccccc2)CCC(OC(=O)C(O)(c2cccs2)c2cccs2)C1.[Br-]. The number of aryl methyl sites for hydroxylation is 1. The van der Waals surface area contributed by atoms with Gasteiger partial charge in [0.25, 0.3) is 0 Å². The minimum absolute atomic E-state index is 0. The van der Waals surface area contributed by atoms with E-state index in [2.05, 4.69) is 31.3 Å². The molecule has 2 aromatic heterocycles. The monoisotopic (exact) mass is 521 g/mol. The maximum absolute atomic E-state index is 13.2. The van der Waals surface area contributed by atoms with Crippen LogP contribution in [0, 0.1) is 0 Å². The lowest BCUT2D eigenvalue weighted by Gasteiger charge is -2.30. The van der Waals surface area contributed by atoms with Crippen molar-refractivity contribution in [3.05, 3.63) is 80.7 Å². The minimum atomic E-state index is -1.72. The highest BCUT2D eigenvalue weighted by Crippen LogP contribution is 2.37. The van der Waals surface area contributed by atoms with Gasteiger partial charge in [0.05, 0.1) is 29.9 Å². The molecule has 166 valence electrons. The lowest BCUT2D eigenvalue weighted by Crippen LogP contribution is -3.00. The van der Waals surface area contributed by atoms with Crippen molar-refractivity contribution >= 4 is 28.6 Å². The molecule has 2 atom stereocenters. The zero-order valence-electron chi connectivity index (χ0n) is 17.6. The van der Waals surface area contributed by atoms with Gasteiger partial charge in [-0.25, -0.2) is 4.79 Å². The number of rotatable bonds is 8. The Morgan fingerprint density at radius 3 is 2.32 bits per heavy atom. The zero-order chi connectivity index (χ0) is 21.0. The van der Waals surface area contributed by atoms with Gasteiger partial charge in [-0.3, -0.25) is 0 Å². The number of aliphatic hydroxyl groups is 1. The van der Waals surface area contributed by atoms with Gasteiger partial charge < -0.3 is 31.3 Å². The summed E-state index contributed by atoms with van der Waals surface area (Å²) in [7, 11) is 2.24. The highest BCUT2D eigenvalue weighted by atomic mass is 79.9. The van der Waals surface area contributed by atoms with Gasteiger partial charge in [0.2, 0.25) is 5.60 Å². The molecule has 0 aliphatic carbocycles. The summed E-state index contributed by atoms with van der Waals surface area (Å²) in [6, 6.07) is 17.8. The van der Waals surface area contributed by atoms with Crippen LogP contribution in [0.1, 0.15) is 28.2 Å². The van der Waals surface area contributed by atoms with Crippen LogP contribution >= 0.6 is 22.7 Å². The van der Waals surface area contributed by atoms with Gasteiger partial charge >= 0.3 is 5.97 Å². The van der Waals surface area contributed by atoms with Crippen molar-refractivity contribution in [2.45, 2.75) is 31.0 Å². The molecule has 0 amide bonds. The van der Waals surface area contributed by atoms with E-state index in [1.165, 1.54) is 28.2 Å². The van der Waals surface area contributed by atoms with Crippen molar-refractivity contribution in [3.63, 3.8) is 0 Å². The van der Waals surface area contributed by atoms with Gasteiger partial charge in [-0.1, -0.05) is 42.5 Å². The second-order valence-corrected chi connectivity index (χ2v) is 10.2. The second-order valence-electron chi connectivity index (χ2n) is 8.32. The standard InChI is InChI=1S/C24H28NO3S2.BrH/c1-25(14-5-10-19-8-3-2-4-9-19)15-13-20(18-25)28-23(26)24(27,21-11-6-16-29-21)22-12-7-17-30-22;/h2-4,6-9,11-12,16-17,20,27H,5,10,13-15,18H2,1H3;1H/q+1;/p-1. The average Bonchev–Trinajstić information content (AvgIpc) is 3.51. The highest BCUT2D eigenvalue weighted by Gasteiger charge is 2.46. The number of esters is 1. The number of hydrogen-bond donors (Lipinski definition) is 1. The molecule has 1 fully saturated rings. The smallest absolute Gasteiger partial charge is 0.349 e. The Hall–Kier alpha value is -1.51. The number of likely N-dealkylation sites (N-methyl/N-ethyl adjacent to an activating group) is 1. The normalized spacial score (nSPS) is 20.9. The number of nitrogens with zero attached hydrogens (tertiary/aromatic N) is 1. The Morgan fingerprint density at radius 1 is 1.10 bits per heavy atom. The predicted octanol–water partition coefficient (Wildman–Crippen LogP) is 1.44. The number of carbonyl (C=O) groups excluding carboxylic acids is 1. The molecular weight excluding hydrogens is 494 g/mol. The van der Waals surface area contributed by atoms with Crippen molar-refractivity contribution in [2.24, 2.45) is 0 Å². The molecule has 3 aromatic rings. The van der Waals surface area contributed by atoms with Crippen LogP contribution in [0.25, 0.3) is 0 Å². The number of quaternary nitrogens is 1. The van der Waals surface area contributed by atoms with E-state index in [0.29, 0.717) is 9.75 Å². The van der Waals surface area contributed by atoms with Crippen LogP contribution in [0.2, 0.25) is 0 Å². The Balaban J connectivity index is 0.00000272. The van der Waals surface area contributed by atoms with E-state index in [4.69, 9.17) is 4.74 Å². The van der Waals surface area contributed by atoms with E-state index < -0.39 is 11.6 Å². The Labute approximate surface area is 202 Å². The summed E-state index contributed by atoms with van der Waals surface area (Å²) in [4.78, 5) is 14.4. The number of benzene rings is 1. The van der Waals surface area contributed by atoms with Crippen LogP contribution in [-0.4, -0.2) is 48.3 Å². The lowest BCUT2D eigenvalue weighted by atomic mass is 10.00. The summed E-state index contributed by atoms with van der Waals surface area (Å²) in [6.45, 7) is 2.84. The van der Waals surface area contributed by atoms with Crippen LogP contribution in [-0.2, 0) is 21.6 Å². The molecule has 1 N–H and O–H groups in total. The molecule has 1 aliphatic rings. The first kappa shape index (κ1) is 24.1.